The van der Waals surface area contributed by atoms with Crippen molar-refractivity contribution in [2.24, 2.45) is 5.92 Å². The predicted octanol–water partition coefficient (Wildman–Crippen LogP) is 3.86. The van der Waals surface area contributed by atoms with E-state index in [1.54, 1.807) is 29.1 Å². The second kappa shape index (κ2) is 7.90. The van der Waals surface area contributed by atoms with Crippen molar-refractivity contribution in [3.8, 4) is 17.2 Å². The van der Waals surface area contributed by atoms with Crippen molar-refractivity contribution in [1.82, 2.24) is 19.4 Å². The maximum absolute atomic E-state index is 13.2. The summed E-state index contributed by atoms with van der Waals surface area (Å²) in [4.78, 5) is 25.4. The number of pyridine rings is 3. The lowest BCUT2D eigenvalue weighted by molar-refractivity contribution is -0.117. The second-order valence-electron chi connectivity index (χ2n) is 8.31. The van der Waals surface area contributed by atoms with Crippen molar-refractivity contribution in [3.05, 3.63) is 53.7 Å². The Morgan fingerprint density at radius 1 is 1.33 bits per heavy atom. The number of halogens is 1. The number of imidazole rings is 1. The number of aliphatic hydroxyl groups is 1. The van der Waals surface area contributed by atoms with Crippen molar-refractivity contribution < 1.29 is 14.3 Å². The topological polar surface area (TPSA) is 116 Å². The summed E-state index contributed by atoms with van der Waals surface area (Å²) in [6, 6.07) is 7.53. The summed E-state index contributed by atoms with van der Waals surface area (Å²) in [6.07, 6.45) is 4.04. The fourth-order valence-corrected chi connectivity index (χ4v) is 3.97. The van der Waals surface area contributed by atoms with Gasteiger partial charge in [0.15, 0.2) is 5.69 Å². The van der Waals surface area contributed by atoms with Crippen LogP contribution >= 0.6 is 0 Å². The standard InChI is InChI=1S/C24H21FN6O2/c1-3-21(32)19-4-12(2)17(10-27-19)15-5-13-9-28-22(30-24(33)16-6-18(16)25)7-20(13)31-11-14(8-26)29-23(15)31/h4-5,7,9-11,16,18,21,32H,3,6H2,1-2H3,(H,28,30,33)/t16-,18+,21+/m0/s1. The zero-order valence-corrected chi connectivity index (χ0v) is 18.1. The summed E-state index contributed by atoms with van der Waals surface area (Å²) < 4.78 is 15.0. The molecule has 1 fully saturated rings. The lowest BCUT2D eigenvalue weighted by atomic mass is 10.0. The Morgan fingerprint density at radius 3 is 2.79 bits per heavy atom. The van der Waals surface area contributed by atoms with Crippen molar-refractivity contribution in [1.29, 1.82) is 5.26 Å². The van der Waals surface area contributed by atoms with Gasteiger partial charge in [-0.15, -0.1) is 0 Å². The number of aromatic nitrogens is 4. The lowest BCUT2D eigenvalue weighted by Crippen LogP contribution is -2.16. The van der Waals surface area contributed by atoms with Gasteiger partial charge in [-0.1, -0.05) is 6.92 Å². The minimum absolute atomic E-state index is 0.238. The molecular formula is C24H21FN6O2. The quantitative estimate of drug-likeness (QED) is 0.483. The van der Waals surface area contributed by atoms with E-state index in [0.717, 1.165) is 22.1 Å². The van der Waals surface area contributed by atoms with Crippen LogP contribution in [0.15, 0.2) is 36.8 Å². The van der Waals surface area contributed by atoms with E-state index in [9.17, 15) is 19.6 Å². The van der Waals surface area contributed by atoms with Gasteiger partial charge in [-0.3, -0.25) is 14.2 Å². The Hall–Kier alpha value is -3.90. The zero-order chi connectivity index (χ0) is 23.3. The number of nitrogens with zero attached hydrogens (tertiary/aromatic N) is 5. The molecule has 0 aliphatic heterocycles. The molecule has 1 aliphatic carbocycles. The van der Waals surface area contributed by atoms with E-state index in [4.69, 9.17) is 0 Å². The van der Waals surface area contributed by atoms with Crippen LogP contribution in [0.25, 0.3) is 27.7 Å². The maximum Gasteiger partial charge on any atom is 0.231 e. The molecule has 1 saturated carbocycles. The number of aliphatic hydroxyl groups excluding tert-OH is 1. The molecule has 0 radical (unpaired) electrons. The number of nitrogens with one attached hydrogen (secondary N) is 1. The van der Waals surface area contributed by atoms with Gasteiger partial charge in [0.25, 0.3) is 0 Å². The molecule has 9 heteroatoms. The molecule has 0 bridgehead atoms. The van der Waals surface area contributed by atoms with Crippen LogP contribution in [-0.2, 0) is 4.79 Å². The Kier molecular flexibility index (Phi) is 5.02. The summed E-state index contributed by atoms with van der Waals surface area (Å²) in [7, 11) is 0. The lowest BCUT2D eigenvalue weighted by Gasteiger charge is -2.14. The summed E-state index contributed by atoms with van der Waals surface area (Å²) in [5, 5.41) is 23.0. The number of alkyl halides is 1. The monoisotopic (exact) mass is 444 g/mol. The smallest absolute Gasteiger partial charge is 0.231 e. The number of anilines is 1. The van der Waals surface area contributed by atoms with Crippen LogP contribution in [0.1, 0.15) is 42.8 Å². The van der Waals surface area contributed by atoms with E-state index < -0.39 is 18.2 Å². The van der Waals surface area contributed by atoms with Gasteiger partial charge >= 0.3 is 0 Å². The highest BCUT2D eigenvalue weighted by atomic mass is 19.1. The van der Waals surface area contributed by atoms with Gasteiger partial charge in [0.2, 0.25) is 5.91 Å². The van der Waals surface area contributed by atoms with Gasteiger partial charge in [0.05, 0.1) is 23.2 Å². The number of hydrogen-bond donors (Lipinski definition) is 2. The molecular weight excluding hydrogens is 423 g/mol. The molecule has 0 spiro atoms. The van der Waals surface area contributed by atoms with Crippen LogP contribution in [0, 0.1) is 24.2 Å². The summed E-state index contributed by atoms with van der Waals surface area (Å²) in [5.41, 5.74) is 4.61. The van der Waals surface area contributed by atoms with Crippen molar-refractivity contribution in [3.63, 3.8) is 0 Å². The molecule has 166 valence electrons. The van der Waals surface area contributed by atoms with E-state index in [1.807, 2.05) is 26.0 Å². The Balaban J connectivity index is 1.64. The van der Waals surface area contributed by atoms with Gasteiger partial charge in [-0.25, -0.2) is 14.4 Å². The van der Waals surface area contributed by atoms with E-state index >= 15 is 0 Å². The first-order valence-electron chi connectivity index (χ1n) is 10.7. The molecule has 1 aliphatic rings. The highest BCUT2D eigenvalue weighted by molar-refractivity contribution is 5.97. The molecule has 5 rings (SSSR count). The van der Waals surface area contributed by atoms with Crippen LogP contribution < -0.4 is 5.32 Å². The van der Waals surface area contributed by atoms with Crippen molar-refractivity contribution in [2.75, 3.05) is 5.32 Å². The van der Waals surface area contributed by atoms with Crippen LogP contribution in [0.5, 0.6) is 0 Å². The Morgan fingerprint density at radius 2 is 2.12 bits per heavy atom. The molecule has 2 N–H and O–H groups in total. The molecule has 8 nitrogen and oxygen atoms in total. The Labute approximate surface area is 188 Å². The van der Waals surface area contributed by atoms with E-state index in [0.29, 0.717) is 29.1 Å². The molecule has 0 aromatic carbocycles. The maximum atomic E-state index is 13.2. The fourth-order valence-electron chi connectivity index (χ4n) is 3.97. The van der Waals surface area contributed by atoms with Gasteiger partial charge < -0.3 is 10.4 Å². The normalized spacial score (nSPS) is 18.3. The third-order valence-electron chi connectivity index (χ3n) is 5.98. The molecule has 33 heavy (non-hydrogen) atoms. The van der Waals surface area contributed by atoms with Crippen LogP contribution in [-0.4, -0.2) is 36.5 Å². The van der Waals surface area contributed by atoms with Gasteiger partial charge in [0.1, 0.15) is 23.7 Å². The molecule has 3 atom stereocenters. The highest BCUT2D eigenvalue weighted by Gasteiger charge is 2.43. The number of amides is 1. The average molecular weight is 444 g/mol. The molecule has 4 aromatic rings. The SMILES string of the molecule is CC[C@@H](O)c1cc(C)c(-c2cc3cnc(NC(=O)[C@H]4C[C@H]4F)cc3n3cc(C#N)nc23)cn1. The first-order valence-corrected chi connectivity index (χ1v) is 10.7. The number of carbonyl (C=O) groups is 1. The van der Waals surface area contributed by atoms with E-state index in [1.165, 1.54) is 0 Å². The first-order chi connectivity index (χ1) is 15.9. The van der Waals surface area contributed by atoms with Crippen molar-refractivity contribution >= 4 is 28.3 Å². The molecule has 4 heterocycles. The number of aryl methyl sites for hydroxylation is 1. The van der Waals surface area contributed by atoms with Crippen molar-refractivity contribution in [2.45, 2.75) is 39.0 Å². The molecule has 4 aromatic heterocycles. The van der Waals surface area contributed by atoms with Gasteiger partial charge in [-0.05, 0) is 37.5 Å². The third-order valence-corrected chi connectivity index (χ3v) is 5.98. The van der Waals surface area contributed by atoms with E-state index in [-0.39, 0.29) is 18.0 Å². The van der Waals surface area contributed by atoms with Crippen LogP contribution in [0.3, 0.4) is 0 Å². The number of nitriles is 1. The molecule has 1 amide bonds. The molecule has 0 saturated heterocycles. The van der Waals surface area contributed by atoms with E-state index in [2.05, 4.69) is 26.3 Å². The summed E-state index contributed by atoms with van der Waals surface area (Å²) >= 11 is 0. The minimum atomic E-state index is -1.09. The Bertz CT molecular complexity index is 1460. The zero-order valence-electron chi connectivity index (χ0n) is 18.1. The average Bonchev–Trinajstić information content (AvgIpc) is 3.39. The minimum Gasteiger partial charge on any atom is -0.387 e. The van der Waals surface area contributed by atoms with Crippen LogP contribution in [0.4, 0.5) is 10.2 Å². The first kappa shape index (κ1) is 21.0. The summed E-state index contributed by atoms with van der Waals surface area (Å²) in [6.45, 7) is 3.82. The summed E-state index contributed by atoms with van der Waals surface area (Å²) in [5.74, 6) is -0.696. The second-order valence-corrected chi connectivity index (χ2v) is 8.31. The number of hydrogen-bond acceptors (Lipinski definition) is 6. The highest BCUT2D eigenvalue weighted by Crippen LogP contribution is 2.35. The third kappa shape index (κ3) is 3.68. The van der Waals surface area contributed by atoms with Gasteiger partial charge in [-0.2, -0.15) is 5.26 Å². The number of fused-ring (bicyclic) bond motifs is 3. The number of carbonyl (C=O) groups excluding carboxylic acids is 1. The predicted molar refractivity (Wildman–Crippen MR) is 120 cm³/mol. The fraction of sp³-hybridized carbons (Fsp3) is 0.292. The van der Waals surface area contributed by atoms with Crippen LogP contribution in [0.2, 0.25) is 0 Å². The largest absolute Gasteiger partial charge is 0.387 e. The van der Waals surface area contributed by atoms with Gasteiger partial charge in [0, 0.05) is 41.2 Å². The number of rotatable bonds is 5. The molecule has 0 unspecified atom stereocenters.